The van der Waals surface area contributed by atoms with E-state index in [1.54, 1.807) is 6.20 Å². The Morgan fingerprint density at radius 2 is 1.94 bits per heavy atom. The van der Waals surface area contributed by atoms with Crippen LogP contribution < -0.4 is 4.74 Å². The van der Waals surface area contributed by atoms with Crippen LogP contribution in [0.5, 0.6) is 5.75 Å². The van der Waals surface area contributed by atoms with Crippen molar-refractivity contribution in [1.29, 1.82) is 0 Å². The Balaban J connectivity index is 1.23. The van der Waals surface area contributed by atoms with Crippen molar-refractivity contribution in [3.05, 3.63) is 71.9 Å². The maximum absolute atomic E-state index is 13.4. The first-order chi connectivity index (χ1) is 17.2. The van der Waals surface area contributed by atoms with Gasteiger partial charge in [0, 0.05) is 50.6 Å². The van der Waals surface area contributed by atoms with E-state index >= 15 is 0 Å². The van der Waals surface area contributed by atoms with Gasteiger partial charge < -0.3 is 14.4 Å². The van der Waals surface area contributed by atoms with E-state index in [1.807, 2.05) is 58.1 Å². The molecule has 1 atom stereocenters. The largest absolute Gasteiger partial charge is 0.492 e. The highest BCUT2D eigenvalue weighted by atomic mass is 16.5. The predicted octanol–water partition coefficient (Wildman–Crippen LogP) is 3.52. The number of ether oxygens (including phenoxy) is 2. The van der Waals surface area contributed by atoms with Gasteiger partial charge in [-0.2, -0.15) is 0 Å². The van der Waals surface area contributed by atoms with E-state index in [0.29, 0.717) is 12.2 Å². The van der Waals surface area contributed by atoms with Gasteiger partial charge in [0.1, 0.15) is 24.0 Å². The summed E-state index contributed by atoms with van der Waals surface area (Å²) in [6.45, 7) is 7.81. The maximum atomic E-state index is 13.4. The molecule has 2 aliphatic heterocycles. The fourth-order valence-electron chi connectivity index (χ4n) is 4.86. The summed E-state index contributed by atoms with van der Waals surface area (Å²) in [7, 11) is 0. The second kappa shape index (κ2) is 11.0. The Labute approximate surface area is 206 Å². The number of pyridine rings is 1. The molecule has 2 fully saturated rings. The number of carbonyl (C=O) groups excluding carboxylic acids is 1. The summed E-state index contributed by atoms with van der Waals surface area (Å²) in [6.07, 6.45) is 6.45. The highest BCUT2D eigenvalue weighted by Gasteiger charge is 2.31. The molecule has 0 saturated carbocycles. The number of aromatic nitrogens is 3. The third-order valence-corrected chi connectivity index (χ3v) is 6.77. The Bertz CT molecular complexity index is 1120. The minimum atomic E-state index is -0.0273. The van der Waals surface area contributed by atoms with Gasteiger partial charge in [0.25, 0.3) is 5.91 Å². The molecule has 5 rings (SSSR count). The fourth-order valence-corrected chi connectivity index (χ4v) is 4.86. The zero-order valence-corrected chi connectivity index (χ0v) is 20.3. The van der Waals surface area contributed by atoms with E-state index in [-0.39, 0.29) is 11.9 Å². The summed E-state index contributed by atoms with van der Waals surface area (Å²) in [6, 6.07) is 13.5. The van der Waals surface area contributed by atoms with E-state index in [9.17, 15) is 4.79 Å². The van der Waals surface area contributed by atoms with E-state index in [1.165, 1.54) is 0 Å². The van der Waals surface area contributed by atoms with Crippen LogP contribution in [-0.2, 0) is 11.2 Å². The van der Waals surface area contributed by atoms with Gasteiger partial charge in [-0.3, -0.25) is 14.3 Å². The number of morpholine rings is 1. The average molecular weight is 476 g/mol. The van der Waals surface area contributed by atoms with Crippen LogP contribution in [0.1, 0.15) is 47.7 Å². The van der Waals surface area contributed by atoms with Crippen molar-refractivity contribution in [2.75, 3.05) is 46.0 Å². The van der Waals surface area contributed by atoms with Gasteiger partial charge in [-0.15, -0.1) is 0 Å². The van der Waals surface area contributed by atoms with Crippen LogP contribution in [0.25, 0.3) is 5.82 Å². The summed E-state index contributed by atoms with van der Waals surface area (Å²) in [4.78, 5) is 27.0. The van der Waals surface area contributed by atoms with Crippen LogP contribution in [0.3, 0.4) is 0 Å². The van der Waals surface area contributed by atoms with Gasteiger partial charge in [-0.1, -0.05) is 13.0 Å². The minimum Gasteiger partial charge on any atom is -0.492 e. The highest BCUT2D eigenvalue weighted by Crippen LogP contribution is 2.33. The SMILES string of the molecule is CCc1nccn1-c1cccc(C2CCCN2C(=O)c2ccc(OCCN3CCOCC3)cc2)n1. The van der Waals surface area contributed by atoms with E-state index < -0.39 is 0 Å². The van der Waals surface area contributed by atoms with Crippen LogP contribution >= 0.6 is 0 Å². The van der Waals surface area contributed by atoms with Crippen molar-refractivity contribution in [3.8, 4) is 11.6 Å². The molecule has 8 heteroatoms. The zero-order chi connectivity index (χ0) is 24.0. The zero-order valence-electron chi connectivity index (χ0n) is 20.3. The Morgan fingerprint density at radius 1 is 1.11 bits per heavy atom. The number of nitrogens with zero attached hydrogens (tertiary/aromatic N) is 5. The minimum absolute atomic E-state index is 0.0273. The van der Waals surface area contributed by atoms with Crippen LogP contribution in [0.15, 0.2) is 54.9 Å². The quantitative estimate of drug-likeness (QED) is 0.496. The molecule has 2 saturated heterocycles. The molecule has 1 unspecified atom stereocenters. The van der Waals surface area contributed by atoms with E-state index in [2.05, 4.69) is 16.8 Å². The Kier molecular flexibility index (Phi) is 7.39. The van der Waals surface area contributed by atoms with Crippen LogP contribution in [0, 0.1) is 0 Å². The van der Waals surface area contributed by atoms with Gasteiger partial charge in [0.05, 0.1) is 24.9 Å². The summed E-state index contributed by atoms with van der Waals surface area (Å²) in [5.74, 6) is 2.64. The first-order valence-corrected chi connectivity index (χ1v) is 12.6. The van der Waals surface area contributed by atoms with Crippen molar-refractivity contribution in [1.82, 2.24) is 24.3 Å². The molecule has 1 aromatic carbocycles. The molecule has 35 heavy (non-hydrogen) atoms. The number of aryl methyl sites for hydroxylation is 1. The summed E-state index contributed by atoms with van der Waals surface area (Å²) < 4.78 is 13.3. The standard InChI is InChI=1S/C27H33N5O3/c1-2-25-28-12-14-32(25)26-7-3-5-23(29-26)24-6-4-13-31(24)27(33)21-8-10-22(11-9-21)35-20-17-30-15-18-34-19-16-30/h3,5,7-12,14,24H,2,4,6,13,15-20H2,1H3. The second-order valence-electron chi connectivity index (χ2n) is 8.97. The van der Waals surface area contributed by atoms with E-state index in [4.69, 9.17) is 14.5 Å². The predicted molar refractivity (Wildman–Crippen MR) is 133 cm³/mol. The van der Waals surface area contributed by atoms with Crippen molar-refractivity contribution in [3.63, 3.8) is 0 Å². The van der Waals surface area contributed by atoms with Gasteiger partial charge in [-0.25, -0.2) is 9.97 Å². The number of amides is 1. The molecule has 0 radical (unpaired) electrons. The molecule has 2 aromatic heterocycles. The number of benzene rings is 1. The number of likely N-dealkylation sites (tertiary alicyclic amines) is 1. The lowest BCUT2D eigenvalue weighted by Gasteiger charge is -2.26. The number of hydrogen-bond donors (Lipinski definition) is 0. The molecular formula is C27H33N5O3. The maximum Gasteiger partial charge on any atom is 0.254 e. The lowest BCUT2D eigenvalue weighted by molar-refractivity contribution is 0.0322. The number of hydrogen-bond acceptors (Lipinski definition) is 6. The molecule has 0 N–H and O–H groups in total. The molecule has 1 amide bonds. The molecule has 0 spiro atoms. The summed E-state index contributed by atoms with van der Waals surface area (Å²) in [5, 5.41) is 0. The third kappa shape index (κ3) is 5.39. The Hall–Kier alpha value is -3.23. The van der Waals surface area contributed by atoms with E-state index in [0.717, 1.165) is 81.7 Å². The number of imidazole rings is 1. The van der Waals surface area contributed by atoms with Crippen LogP contribution in [0.2, 0.25) is 0 Å². The molecule has 0 bridgehead atoms. The van der Waals surface area contributed by atoms with Crippen molar-refractivity contribution in [2.45, 2.75) is 32.2 Å². The molecular weight excluding hydrogens is 442 g/mol. The molecule has 3 aromatic rings. The second-order valence-corrected chi connectivity index (χ2v) is 8.97. The number of carbonyl (C=O) groups is 1. The van der Waals surface area contributed by atoms with Gasteiger partial charge in [0.2, 0.25) is 0 Å². The highest BCUT2D eigenvalue weighted by molar-refractivity contribution is 5.94. The molecule has 8 nitrogen and oxygen atoms in total. The smallest absolute Gasteiger partial charge is 0.254 e. The Morgan fingerprint density at radius 3 is 2.74 bits per heavy atom. The monoisotopic (exact) mass is 475 g/mol. The van der Waals surface area contributed by atoms with Gasteiger partial charge in [-0.05, 0) is 49.2 Å². The lowest BCUT2D eigenvalue weighted by atomic mass is 10.1. The summed E-state index contributed by atoms with van der Waals surface area (Å²) in [5.41, 5.74) is 1.60. The molecule has 2 aliphatic rings. The molecule has 4 heterocycles. The number of rotatable bonds is 8. The normalized spacial score (nSPS) is 18.7. The van der Waals surface area contributed by atoms with Gasteiger partial charge in [0.15, 0.2) is 0 Å². The topological polar surface area (TPSA) is 72.7 Å². The van der Waals surface area contributed by atoms with Gasteiger partial charge >= 0.3 is 0 Å². The summed E-state index contributed by atoms with van der Waals surface area (Å²) >= 11 is 0. The van der Waals surface area contributed by atoms with Crippen LogP contribution in [-0.4, -0.2) is 76.2 Å². The van der Waals surface area contributed by atoms with Crippen molar-refractivity contribution in [2.24, 2.45) is 0 Å². The fraction of sp³-hybridized carbons (Fsp3) is 0.444. The first kappa shape index (κ1) is 23.5. The van der Waals surface area contributed by atoms with Crippen molar-refractivity contribution >= 4 is 5.91 Å². The third-order valence-electron chi connectivity index (χ3n) is 6.77. The molecule has 0 aliphatic carbocycles. The first-order valence-electron chi connectivity index (χ1n) is 12.6. The average Bonchev–Trinajstić information content (AvgIpc) is 3.59. The van der Waals surface area contributed by atoms with Crippen LogP contribution in [0.4, 0.5) is 0 Å². The van der Waals surface area contributed by atoms with Crippen molar-refractivity contribution < 1.29 is 14.3 Å². The lowest BCUT2D eigenvalue weighted by Crippen LogP contribution is -2.38. The molecule has 184 valence electrons.